The van der Waals surface area contributed by atoms with Gasteiger partial charge in [-0.2, -0.15) is 0 Å². The zero-order valence-electron chi connectivity index (χ0n) is 16.1. The number of anilines is 1. The molecule has 0 unspecified atom stereocenters. The second kappa shape index (κ2) is 7.57. The fraction of sp³-hybridized carbons (Fsp3) is 0.200. The van der Waals surface area contributed by atoms with Crippen LogP contribution in [0.5, 0.6) is 5.75 Å². The predicted octanol–water partition coefficient (Wildman–Crippen LogP) is 3.05. The maximum Gasteiger partial charge on any atom is 0.256 e. The summed E-state index contributed by atoms with van der Waals surface area (Å²) in [5, 5.41) is 3.48. The molecule has 0 radical (unpaired) electrons. The quantitative estimate of drug-likeness (QED) is 0.712. The summed E-state index contributed by atoms with van der Waals surface area (Å²) in [6, 6.07) is 13.1. The van der Waals surface area contributed by atoms with Gasteiger partial charge in [0.05, 0.1) is 23.1 Å². The number of benzene rings is 2. The molecule has 1 heterocycles. The lowest BCUT2D eigenvalue weighted by Crippen LogP contribution is -2.22. The molecule has 0 saturated heterocycles. The topological polar surface area (TPSA) is 88.6 Å². The van der Waals surface area contributed by atoms with Crippen molar-refractivity contribution in [2.24, 2.45) is 0 Å². The minimum Gasteiger partial charge on any atom is -0.497 e. The van der Waals surface area contributed by atoms with E-state index in [-0.39, 0.29) is 10.8 Å². The molecular formula is C20H21N3O4S. The van der Waals surface area contributed by atoms with Gasteiger partial charge in [-0.05, 0) is 55.5 Å². The Morgan fingerprint density at radius 1 is 1.07 bits per heavy atom. The van der Waals surface area contributed by atoms with Gasteiger partial charge in [-0.1, -0.05) is 0 Å². The van der Waals surface area contributed by atoms with Crippen molar-refractivity contribution in [1.82, 2.24) is 9.29 Å². The van der Waals surface area contributed by atoms with Gasteiger partial charge in [-0.25, -0.2) is 12.7 Å². The molecule has 0 aliphatic heterocycles. The zero-order valence-corrected chi connectivity index (χ0v) is 16.9. The molecule has 0 aliphatic carbocycles. The van der Waals surface area contributed by atoms with Crippen LogP contribution < -0.4 is 10.1 Å². The highest BCUT2D eigenvalue weighted by molar-refractivity contribution is 7.89. The summed E-state index contributed by atoms with van der Waals surface area (Å²) in [5.41, 5.74) is 2.37. The van der Waals surface area contributed by atoms with Crippen molar-refractivity contribution < 1.29 is 17.9 Å². The lowest BCUT2D eigenvalue weighted by Gasteiger charge is -2.13. The van der Waals surface area contributed by atoms with E-state index in [9.17, 15) is 13.2 Å². The Morgan fingerprint density at radius 3 is 2.36 bits per heavy atom. The van der Waals surface area contributed by atoms with Crippen LogP contribution in [0.25, 0.3) is 10.9 Å². The van der Waals surface area contributed by atoms with E-state index in [4.69, 9.17) is 4.74 Å². The van der Waals surface area contributed by atoms with Gasteiger partial charge in [0.15, 0.2) is 0 Å². The Labute approximate surface area is 164 Å². The second-order valence-electron chi connectivity index (χ2n) is 6.46. The largest absolute Gasteiger partial charge is 0.497 e. The molecule has 7 nitrogen and oxygen atoms in total. The van der Waals surface area contributed by atoms with Crippen LogP contribution in [-0.4, -0.2) is 44.8 Å². The maximum absolute atomic E-state index is 12.9. The van der Waals surface area contributed by atoms with Gasteiger partial charge in [0.25, 0.3) is 5.91 Å². The Bertz CT molecular complexity index is 1140. The molecule has 0 saturated carbocycles. The highest BCUT2D eigenvalue weighted by Gasteiger charge is 2.17. The Kier molecular flexibility index (Phi) is 5.35. The van der Waals surface area contributed by atoms with E-state index in [1.165, 1.54) is 26.2 Å². The average Bonchev–Trinajstić information content (AvgIpc) is 2.67. The van der Waals surface area contributed by atoms with Crippen molar-refractivity contribution in [3.05, 3.63) is 59.8 Å². The number of carbonyl (C=O) groups excluding carboxylic acids is 1. The van der Waals surface area contributed by atoms with Crippen LogP contribution in [0.2, 0.25) is 0 Å². The van der Waals surface area contributed by atoms with Gasteiger partial charge in [-0.3, -0.25) is 9.78 Å². The standard InChI is InChI=1S/C20H21N3O4S/c1-13-11-18(17-12-15(27-4)7-10-19(17)21-13)20(24)22-14-5-8-16(9-6-14)28(25,26)23(2)3/h5-12H,1-4H3,(H,22,24). The number of ether oxygens (including phenoxy) is 1. The van der Waals surface area contributed by atoms with Gasteiger partial charge in [0.1, 0.15) is 5.75 Å². The Morgan fingerprint density at radius 2 is 1.75 bits per heavy atom. The highest BCUT2D eigenvalue weighted by Crippen LogP contribution is 2.25. The van der Waals surface area contributed by atoms with E-state index < -0.39 is 10.0 Å². The third-order valence-electron chi connectivity index (χ3n) is 4.28. The van der Waals surface area contributed by atoms with Crippen LogP contribution in [-0.2, 0) is 10.0 Å². The first-order valence-corrected chi connectivity index (χ1v) is 9.95. The van der Waals surface area contributed by atoms with E-state index in [2.05, 4.69) is 10.3 Å². The number of nitrogens with zero attached hydrogens (tertiary/aromatic N) is 2. The summed E-state index contributed by atoms with van der Waals surface area (Å²) in [6.45, 7) is 1.82. The minimum absolute atomic E-state index is 0.158. The molecule has 3 rings (SSSR count). The van der Waals surface area contributed by atoms with Gasteiger partial charge < -0.3 is 10.1 Å². The molecule has 0 fully saturated rings. The van der Waals surface area contributed by atoms with E-state index >= 15 is 0 Å². The summed E-state index contributed by atoms with van der Waals surface area (Å²) in [5.74, 6) is 0.317. The molecule has 0 atom stereocenters. The Balaban J connectivity index is 1.93. The number of rotatable bonds is 5. The lowest BCUT2D eigenvalue weighted by atomic mass is 10.1. The number of hydrogen-bond acceptors (Lipinski definition) is 5. The second-order valence-corrected chi connectivity index (χ2v) is 8.61. The molecular weight excluding hydrogens is 378 g/mol. The van der Waals surface area contributed by atoms with Crippen molar-refractivity contribution in [3.8, 4) is 5.75 Å². The van der Waals surface area contributed by atoms with Crippen LogP contribution >= 0.6 is 0 Å². The number of hydrogen-bond donors (Lipinski definition) is 1. The van der Waals surface area contributed by atoms with Crippen molar-refractivity contribution in [2.45, 2.75) is 11.8 Å². The number of carbonyl (C=O) groups is 1. The number of amides is 1. The number of aromatic nitrogens is 1. The maximum atomic E-state index is 12.9. The average molecular weight is 399 g/mol. The molecule has 0 bridgehead atoms. The van der Waals surface area contributed by atoms with Crippen LogP contribution in [0.1, 0.15) is 16.1 Å². The third-order valence-corrected chi connectivity index (χ3v) is 6.11. The molecule has 1 amide bonds. The van der Waals surface area contributed by atoms with Crippen LogP contribution in [0, 0.1) is 6.92 Å². The summed E-state index contributed by atoms with van der Waals surface area (Å²) < 4.78 is 30.7. The summed E-state index contributed by atoms with van der Waals surface area (Å²) in [6.07, 6.45) is 0. The molecule has 8 heteroatoms. The number of aryl methyl sites for hydroxylation is 1. The SMILES string of the molecule is COc1ccc2nc(C)cc(C(=O)Nc3ccc(S(=O)(=O)N(C)C)cc3)c2c1. The number of pyridine rings is 1. The van der Waals surface area contributed by atoms with Crippen molar-refractivity contribution >= 4 is 32.5 Å². The fourth-order valence-electron chi connectivity index (χ4n) is 2.77. The molecule has 1 aromatic heterocycles. The van der Waals surface area contributed by atoms with Crippen LogP contribution in [0.15, 0.2) is 53.4 Å². The van der Waals surface area contributed by atoms with E-state index in [1.54, 1.807) is 43.5 Å². The van der Waals surface area contributed by atoms with Crippen LogP contribution in [0.3, 0.4) is 0 Å². The zero-order chi connectivity index (χ0) is 20.5. The van der Waals surface area contributed by atoms with E-state index in [1.807, 2.05) is 6.92 Å². The summed E-state index contributed by atoms with van der Waals surface area (Å²) in [4.78, 5) is 17.5. The first-order chi connectivity index (χ1) is 13.2. The minimum atomic E-state index is -3.52. The van der Waals surface area contributed by atoms with Gasteiger partial charge >= 0.3 is 0 Å². The third kappa shape index (κ3) is 3.83. The first-order valence-electron chi connectivity index (χ1n) is 8.51. The normalized spacial score (nSPS) is 11.6. The number of fused-ring (bicyclic) bond motifs is 1. The molecule has 146 valence electrons. The Hall–Kier alpha value is -2.97. The monoisotopic (exact) mass is 399 g/mol. The van der Waals surface area contributed by atoms with Crippen molar-refractivity contribution in [3.63, 3.8) is 0 Å². The summed E-state index contributed by atoms with van der Waals surface area (Å²) >= 11 is 0. The number of methoxy groups -OCH3 is 1. The van der Waals surface area contributed by atoms with Gasteiger partial charge in [0.2, 0.25) is 10.0 Å². The molecule has 0 spiro atoms. The van der Waals surface area contributed by atoms with Gasteiger partial charge in [-0.15, -0.1) is 0 Å². The molecule has 0 aliphatic rings. The predicted molar refractivity (Wildman–Crippen MR) is 108 cm³/mol. The molecule has 2 aromatic carbocycles. The number of nitrogens with one attached hydrogen (secondary N) is 1. The van der Waals surface area contributed by atoms with Crippen molar-refractivity contribution in [2.75, 3.05) is 26.5 Å². The summed E-state index contributed by atoms with van der Waals surface area (Å²) in [7, 11) is 0.980. The van der Waals surface area contributed by atoms with Crippen LogP contribution in [0.4, 0.5) is 5.69 Å². The van der Waals surface area contributed by atoms with Crippen molar-refractivity contribution in [1.29, 1.82) is 0 Å². The smallest absolute Gasteiger partial charge is 0.256 e. The molecule has 3 aromatic rings. The van der Waals surface area contributed by atoms with Gasteiger partial charge in [0, 0.05) is 30.9 Å². The molecule has 1 N–H and O–H groups in total. The van der Waals surface area contributed by atoms with E-state index in [0.717, 1.165) is 10.00 Å². The van der Waals surface area contributed by atoms with E-state index in [0.29, 0.717) is 27.9 Å². The fourth-order valence-corrected chi connectivity index (χ4v) is 3.67. The molecule has 28 heavy (non-hydrogen) atoms. The highest BCUT2D eigenvalue weighted by atomic mass is 32.2. The first kappa shape index (κ1) is 19.8. The number of sulfonamides is 1. The lowest BCUT2D eigenvalue weighted by molar-refractivity contribution is 0.102.